The van der Waals surface area contributed by atoms with Crippen molar-refractivity contribution in [2.75, 3.05) is 5.32 Å². The van der Waals surface area contributed by atoms with Gasteiger partial charge in [-0.05, 0) is 44.2 Å². The molecule has 0 spiro atoms. The minimum absolute atomic E-state index is 0.0154. The van der Waals surface area contributed by atoms with Gasteiger partial charge in [0, 0.05) is 34.9 Å². The van der Waals surface area contributed by atoms with E-state index in [1.165, 1.54) is 12.3 Å². The first-order valence-electron chi connectivity index (χ1n) is 11.1. The molecule has 3 aromatic rings. The van der Waals surface area contributed by atoms with Crippen LogP contribution in [0, 0.1) is 11.5 Å². The fourth-order valence-corrected chi connectivity index (χ4v) is 3.86. The number of hydrogen-bond acceptors (Lipinski definition) is 7. The van der Waals surface area contributed by atoms with Gasteiger partial charge in [-0.2, -0.15) is 21.6 Å². The summed E-state index contributed by atoms with van der Waals surface area (Å²) in [5, 5.41) is 6.14. The van der Waals surface area contributed by atoms with Gasteiger partial charge in [-0.15, -0.1) is 5.54 Å². The Balaban J connectivity index is 1.97. The molecule has 13 heteroatoms. The highest BCUT2D eigenvalue weighted by Gasteiger charge is 2.48. The lowest BCUT2D eigenvalue weighted by molar-refractivity contribution is -0.0500. The highest BCUT2D eigenvalue weighted by Crippen LogP contribution is 2.31. The van der Waals surface area contributed by atoms with Crippen molar-refractivity contribution >= 4 is 46.6 Å². The Morgan fingerprint density at radius 3 is 2.32 bits per heavy atom. The summed E-state index contributed by atoms with van der Waals surface area (Å²) < 4.78 is 66.8. The summed E-state index contributed by atoms with van der Waals surface area (Å²) >= 11 is 0. The number of aromatic nitrogens is 2. The van der Waals surface area contributed by atoms with Crippen LogP contribution >= 0.6 is 0 Å². The van der Waals surface area contributed by atoms with E-state index in [1.54, 1.807) is 24.3 Å². The topological polar surface area (TPSA) is 110 Å². The highest BCUT2D eigenvalue weighted by molar-refractivity contribution is 7.88. The predicted octanol–water partition coefficient (Wildman–Crippen LogP) is 4.97. The molecule has 3 rings (SSSR count). The zero-order valence-corrected chi connectivity index (χ0v) is 22.5. The van der Waals surface area contributed by atoms with E-state index in [1.807, 2.05) is 33.5 Å². The first kappa shape index (κ1) is 27.9. The average molecular weight is 551 g/mol. The number of amides is 1. The number of benzene rings is 2. The second-order valence-corrected chi connectivity index (χ2v) is 15.7. The van der Waals surface area contributed by atoms with Crippen LogP contribution in [0.4, 0.5) is 24.8 Å². The van der Waals surface area contributed by atoms with Crippen LogP contribution in [0.25, 0.3) is 10.9 Å². The van der Waals surface area contributed by atoms with Crippen LogP contribution in [0.15, 0.2) is 42.6 Å². The van der Waals surface area contributed by atoms with Crippen molar-refractivity contribution in [2.24, 2.45) is 0 Å². The third-order valence-electron chi connectivity index (χ3n) is 4.56. The Bertz CT molecular complexity index is 1490. The smallest absolute Gasteiger partial charge is 0.375 e. The first-order chi connectivity index (χ1) is 17.0. The molecule has 0 saturated carbocycles. The van der Waals surface area contributed by atoms with Crippen LogP contribution in [-0.4, -0.2) is 43.9 Å². The summed E-state index contributed by atoms with van der Waals surface area (Å²) in [6, 6.07) is 8.95. The van der Waals surface area contributed by atoms with Gasteiger partial charge in [-0.1, -0.05) is 25.6 Å². The van der Waals surface area contributed by atoms with Crippen LogP contribution in [0.3, 0.4) is 0 Å². The standard InChI is InChI=1S/C24H25F3N4O4SSi/c1-15(2)29-22(32)16-6-8-19(9-7-16)30-23-28-14-18-12-17(10-11-37(3,4)5)21(13-20(18)31-23)35-36(33,34)24(25,26)27/h6-9,12-15H,1-5H3,(H,29,32)(H,28,30,31). The number of nitrogens with zero attached hydrogens (tertiary/aromatic N) is 2. The molecule has 0 aliphatic heterocycles. The van der Waals surface area contributed by atoms with Crippen molar-refractivity contribution in [1.29, 1.82) is 0 Å². The highest BCUT2D eigenvalue weighted by atomic mass is 32.2. The molecule has 1 heterocycles. The Kier molecular flexibility index (Phi) is 7.85. The number of halogens is 3. The zero-order valence-electron chi connectivity index (χ0n) is 20.7. The van der Waals surface area contributed by atoms with E-state index in [2.05, 4.69) is 36.2 Å². The van der Waals surface area contributed by atoms with Crippen LogP contribution in [0.5, 0.6) is 5.75 Å². The number of carbonyl (C=O) groups is 1. The Labute approximate surface area is 213 Å². The van der Waals surface area contributed by atoms with Crippen molar-refractivity contribution in [2.45, 2.75) is 45.0 Å². The van der Waals surface area contributed by atoms with Crippen molar-refractivity contribution in [3.63, 3.8) is 0 Å². The minimum Gasteiger partial charge on any atom is -0.375 e. The zero-order chi connectivity index (χ0) is 27.6. The molecular formula is C24H25F3N4O4SSi. The largest absolute Gasteiger partial charge is 0.534 e. The van der Waals surface area contributed by atoms with Gasteiger partial charge in [0.05, 0.1) is 11.1 Å². The summed E-state index contributed by atoms with van der Waals surface area (Å²) in [4.78, 5) is 20.6. The lowest BCUT2D eigenvalue weighted by atomic mass is 10.1. The molecule has 1 aromatic heterocycles. The maximum atomic E-state index is 13.0. The Morgan fingerprint density at radius 1 is 1.11 bits per heavy atom. The molecule has 0 aliphatic carbocycles. The van der Waals surface area contributed by atoms with Crippen molar-refractivity contribution in [3.05, 3.63) is 53.7 Å². The summed E-state index contributed by atoms with van der Waals surface area (Å²) in [7, 11) is -7.87. The van der Waals surface area contributed by atoms with E-state index < -0.39 is 29.4 Å². The van der Waals surface area contributed by atoms with Crippen molar-refractivity contribution in [1.82, 2.24) is 15.3 Å². The monoisotopic (exact) mass is 550 g/mol. The first-order valence-corrected chi connectivity index (χ1v) is 16.0. The van der Waals surface area contributed by atoms with Gasteiger partial charge in [-0.25, -0.2) is 9.97 Å². The van der Waals surface area contributed by atoms with Gasteiger partial charge in [0.15, 0.2) is 5.75 Å². The molecule has 0 aliphatic rings. The van der Waals surface area contributed by atoms with E-state index >= 15 is 0 Å². The van der Waals surface area contributed by atoms with Gasteiger partial charge in [0.1, 0.15) is 8.07 Å². The minimum atomic E-state index is -5.92. The number of hydrogen-bond donors (Lipinski definition) is 2. The van der Waals surface area contributed by atoms with Gasteiger partial charge < -0.3 is 14.8 Å². The number of alkyl halides is 3. The molecule has 37 heavy (non-hydrogen) atoms. The van der Waals surface area contributed by atoms with Crippen molar-refractivity contribution in [3.8, 4) is 17.2 Å². The van der Waals surface area contributed by atoms with Gasteiger partial charge in [0.2, 0.25) is 5.95 Å². The van der Waals surface area contributed by atoms with Crippen LogP contribution in [-0.2, 0) is 10.1 Å². The number of anilines is 2. The third kappa shape index (κ3) is 7.43. The van der Waals surface area contributed by atoms with E-state index in [0.29, 0.717) is 16.6 Å². The molecule has 2 aromatic carbocycles. The molecule has 8 nitrogen and oxygen atoms in total. The maximum absolute atomic E-state index is 13.0. The molecule has 0 fully saturated rings. The second-order valence-electron chi connectivity index (χ2n) is 9.41. The van der Waals surface area contributed by atoms with E-state index in [9.17, 15) is 26.4 Å². The Hall–Kier alpha value is -3.63. The van der Waals surface area contributed by atoms with Gasteiger partial charge >= 0.3 is 15.6 Å². The van der Waals surface area contributed by atoms with Gasteiger partial charge in [0.25, 0.3) is 5.91 Å². The summed E-state index contributed by atoms with van der Waals surface area (Å²) in [5.41, 5.74) is -1.51. The SMILES string of the molecule is CC(C)NC(=O)c1ccc(Nc2ncc3cc(C#C[Si](C)(C)C)c(OS(=O)(=O)C(F)(F)F)cc3n2)cc1. The van der Waals surface area contributed by atoms with E-state index in [4.69, 9.17) is 0 Å². The number of nitrogens with one attached hydrogen (secondary N) is 2. The lowest BCUT2D eigenvalue weighted by Gasteiger charge is -2.13. The molecule has 0 unspecified atom stereocenters. The predicted molar refractivity (Wildman–Crippen MR) is 138 cm³/mol. The maximum Gasteiger partial charge on any atom is 0.534 e. The van der Waals surface area contributed by atoms with E-state index in [-0.39, 0.29) is 29.0 Å². The lowest BCUT2D eigenvalue weighted by Crippen LogP contribution is -2.29. The summed E-state index contributed by atoms with van der Waals surface area (Å²) in [6.07, 6.45) is 1.43. The summed E-state index contributed by atoms with van der Waals surface area (Å²) in [6.45, 7) is 9.48. The fourth-order valence-electron chi connectivity index (χ4n) is 2.89. The Morgan fingerprint density at radius 2 is 1.76 bits per heavy atom. The van der Waals surface area contributed by atoms with Crippen LogP contribution < -0.4 is 14.8 Å². The number of rotatable bonds is 6. The molecule has 1 amide bonds. The fraction of sp³-hybridized carbons (Fsp3) is 0.292. The number of fused-ring (bicyclic) bond motifs is 1. The van der Waals surface area contributed by atoms with Crippen LogP contribution in [0.2, 0.25) is 19.6 Å². The molecule has 2 N–H and O–H groups in total. The molecule has 0 atom stereocenters. The van der Waals surface area contributed by atoms with Crippen LogP contribution in [0.1, 0.15) is 29.8 Å². The van der Waals surface area contributed by atoms with Crippen molar-refractivity contribution < 1.29 is 30.6 Å². The average Bonchev–Trinajstić information content (AvgIpc) is 2.76. The number of carbonyl (C=O) groups excluding carboxylic acids is 1. The second kappa shape index (κ2) is 10.4. The summed E-state index contributed by atoms with van der Waals surface area (Å²) in [5.74, 6) is 2.04. The molecule has 196 valence electrons. The quantitative estimate of drug-likeness (QED) is 0.193. The van der Waals surface area contributed by atoms with Gasteiger partial charge in [-0.3, -0.25) is 4.79 Å². The molecular weight excluding hydrogens is 525 g/mol. The normalized spacial score (nSPS) is 12.1. The third-order valence-corrected chi connectivity index (χ3v) is 6.40. The molecule has 0 radical (unpaired) electrons. The van der Waals surface area contributed by atoms with E-state index in [0.717, 1.165) is 6.07 Å². The molecule has 0 bridgehead atoms. The molecule has 0 saturated heterocycles.